The number of carbonyl (C=O) groups excluding carboxylic acids is 1. The zero-order valence-corrected chi connectivity index (χ0v) is 10.6. The van der Waals surface area contributed by atoms with E-state index in [1.165, 1.54) is 7.11 Å². The summed E-state index contributed by atoms with van der Waals surface area (Å²) in [6.07, 6.45) is 1.01. The molecule has 0 aliphatic rings. The third-order valence-electron chi connectivity index (χ3n) is 2.57. The van der Waals surface area contributed by atoms with Crippen LogP contribution in [0.1, 0.15) is 24.0 Å². The summed E-state index contributed by atoms with van der Waals surface area (Å²) in [6, 6.07) is 3.81. The molecule has 17 heavy (non-hydrogen) atoms. The Morgan fingerprint density at radius 1 is 1.29 bits per heavy atom. The Morgan fingerprint density at radius 3 is 2.65 bits per heavy atom. The standard InChI is InChI=1S/C13H19NO3/c1-9-7-10(2)12(8-11(9)14)17-6-4-5-13(15)16-3/h7-8H,4-6,14H2,1-3H3. The maximum atomic E-state index is 10.9. The summed E-state index contributed by atoms with van der Waals surface area (Å²) in [5.41, 5.74) is 8.63. The third-order valence-corrected chi connectivity index (χ3v) is 2.57. The molecule has 4 heteroatoms. The number of ether oxygens (including phenoxy) is 2. The van der Waals surface area contributed by atoms with E-state index in [0.29, 0.717) is 19.4 Å². The highest BCUT2D eigenvalue weighted by molar-refractivity contribution is 5.69. The SMILES string of the molecule is COC(=O)CCCOc1cc(N)c(C)cc1C. The molecule has 1 aromatic rings. The van der Waals surface area contributed by atoms with E-state index in [-0.39, 0.29) is 5.97 Å². The van der Waals surface area contributed by atoms with Crippen LogP contribution in [-0.4, -0.2) is 19.7 Å². The van der Waals surface area contributed by atoms with Crippen molar-refractivity contribution in [3.63, 3.8) is 0 Å². The van der Waals surface area contributed by atoms with E-state index in [2.05, 4.69) is 4.74 Å². The smallest absolute Gasteiger partial charge is 0.305 e. The summed E-state index contributed by atoms with van der Waals surface area (Å²) in [7, 11) is 1.38. The molecule has 0 saturated heterocycles. The first-order valence-electron chi connectivity index (χ1n) is 5.61. The second-order valence-electron chi connectivity index (χ2n) is 4.00. The molecule has 0 atom stereocenters. The van der Waals surface area contributed by atoms with Gasteiger partial charge in [-0.3, -0.25) is 4.79 Å². The van der Waals surface area contributed by atoms with Crippen LogP contribution in [0.15, 0.2) is 12.1 Å². The maximum absolute atomic E-state index is 10.9. The predicted molar refractivity (Wildman–Crippen MR) is 67.1 cm³/mol. The van der Waals surface area contributed by atoms with Gasteiger partial charge in [0, 0.05) is 18.2 Å². The Hall–Kier alpha value is -1.71. The van der Waals surface area contributed by atoms with Gasteiger partial charge in [0.25, 0.3) is 0 Å². The maximum Gasteiger partial charge on any atom is 0.305 e. The molecule has 0 bridgehead atoms. The van der Waals surface area contributed by atoms with Crippen molar-refractivity contribution in [3.8, 4) is 5.75 Å². The minimum atomic E-state index is -0.214. The monoisotopic (exact) mass is 237 g/mol. The van der Waals surface area contributed by atoms with Crippen LogP contribution in [0, 0.1) is 13.8 Å². The number of benzene rings is 1. The lowest BCUT2D eigenvalue weighted by atomic mass is 10.1. The number of esters is 1. The molecule has 0 fully saturated rings. The molecule has 2 N–H and O–H groups in total. The number of nitrogen functional groups attached to an aromatic ring is 1. The minimum absolute atomic E-state index is 0.214. The molecule has 0 heterocycles. The van der Waals surface area contributed by atoms with Gasteiger partial charge in [-0.15, -0.1) is 0 Å². The first-order chi connectivity index (χ1) is 8.04. The number of hydrogen-bond donors (Lipinski definition) is 1. The molecule has 94 valence electrons. The molecule has 4 nitrogen and oxygen atoms in total. The van der Waals surface area contributed by atoms with Gasteiger partial charge in [-0.2, -0.15) is 0 Å². The molecular formula is C13H19NO3. The van der Waals surface area contributed by atoms with E-state index < -0.39 is 0 Å². The molecule has 0 spiro atoms. The lowest BCUT2D eigenvalue weighted by molar-refractivity contribution is -0.140. The topological polar surface area (TPSA) is 61.5 Å². The van der Waals surface area contributed by atoms with E-state index in [1.807, 2.05) is 26.0 Å². The second kappa shape index (κ2) is 6.13. The van der Waals surface area contributed by atoms with Crippen LogP contribution < -0.4 is 10.5 Å². The quantitative estimate of drug-likeness (QED) is 0.484. The Labute approximate surface area is 102 Å². The lowest BCUT2D eigenvalue weighted by Gasteiger charge is -2.11. The molecule has 1 rings (SSSR count). The van der Waals surface area contributed by atoms with Crippen LogP contribution in [0.5, 0.6) is 5.75 Å². The van der Waals surface area contributed by atoms with Crippen molar-refractivity contribution in [2.75, 3.05) is 19.5 Å². The van der Waals surface area contributed by atoms with Crippen molar-refractivity contribution in [3.05, 3.63) is 23.3 Å². The molecule has 0 aliphatic carbocycles. The Balaban J connectivity index is 2.47. The number of nitrogens with two attached hydrogens (primary N) is 1. The number of rotatable bonds is 5. The van der Waals surface area contributed by atoms with Crippen molar-refractivity contribution in [1.82, 2.24) is 0 Å². The minimum Gasteiger partial charge on any atom is -0.493 e. The van der Waals surface area contributed by atoms with E-state index >= 15 is 0 Å². The van der Waals surface area contributed by atoms with Gasteiger partial charge in [-0.1, -0.05) is 6.07 Å². The van der Waals surface area contributed by atoms with E-state index in [9.17, 15) is 4.79 Å². The van der Waals surface area contributed by atoms with Gasteiger partial charge in [-0.25, -0.2) is 0 Å². The highest BCUT2D eigenvalue weighted by atomic mass is 16.5. The van der Waals surface area contributed by atoms with Crippen LogP contribution in [-0.2, 0) is 9.53 Å². The van der Waals surface area contributed by atoms with E-state index in [1.54, 1.807) is 0 Å². The van der Waals surface area contributed by atoms with Gasteiger partial charge in [0.1, 0.15) is 5.75 Å². The van der Waals surface area contributed by atoms with Gasteiger partial charge < -0.3 is 15.2 Å². The first-order valence-corrected chi connectivity index (χ1v) is 5.61. The summed E-state index contributed by atoms with van der Waals surface area (Å²) in [5, 5.41) is 0. The molecule has 1 aromatic carbocycles. The zero-order valence-electron chi connectivity index (χ0n) is 10.6. The number of carbonyl (C=O) groups is 1. The van der Waals surface area contributed by atoms with Gasteiger partial charge in [0.15, 0.2) is 0 Å². The zero-order chi connectivity index (χ0) is 12.8. The van der Waals surface area contributed by atoms with Crippen molar-refractivity contribution < 1.29 is 14.3 Å². The van der Waals surface area contributed by atoms with Gasteiger partial charge >= 0.3 is 5.97 Å². The summed E-state index contributed by atoms with van der Waals surface area (Å²) in [4.78, 5) is 10.9. The van der Waals surface area contributed by atoms with Crippen molar-refractivity contribution in [2.45, 2.75) is 26.7 Å². The van der Waals surface area contributed by atoms with Crippen LogP contribution in [0.25, 0.3) is 0 Å². The highest BCUT2D eigenvalue weighted by Crippen LogP contribution is 2.24. The van der Waals surface area contributed by atoms with Crippen molar-refractivity contribution >= 4 is 11.7 Å². The largest absolute Gasteiger partial charge is 0.493 e. The lowest BCUT2D eigenvalue weighted by Crippen LogP contribution is -2.05. The van der Waals surface area contributed by atoms with Crippen LogP contribution >= 0.6 is 0 Å². The molecule has 0 aliphatic heterocycles. The van der Waals surface area contributed by atoms with Crippen LogP contribution in [0.3, 0.4) is 0 Å². The number of hydrogen-bond acceptors (Lipinski definition) is 4. The summed E-state index contributed by atoms with van der Waals surface area (Å²) < 4.78 is 10.1. The first kappa shape index (κ1) is 13.4. The second-order valence-corrected chi connectivity index (χ2v) is 4.00. The number of anilines is 1. The number of aryl methyl sites for hydroxylation is 2. The van der Waals surface area contributed by atoms with Gasteiger partial charge in [0.05, 0.1) is 13.7 Å². The van der Waals surface area contributed by atoms with Crippen molar-refractivity contribution in [1.29, 1.82) is 0 Å². The molecule has 0 saturated carbocycles. The number of methoxy groups -OCH3 is 1. The fraction of sp³-hybridized carbons (Fsp3) is 0.462. The molecule has 0 aromatic heterocycles. The Kier molecular flexibility index (Phi) is 4.82. The normalized spacial score (nSPS) is 10.1. The molecule has 0 radical (unpaired) electrons. The summed E-state index contributed by atoms with van der Waals surface area (Å²) in [6.45, 7) is 4.42. The fourth-order valence-corrected chi connectivity index (χ4v) is 1.50. The molecule has 0 unspecified atom stereocenters. The van der Waals surface area contributed by atoms with E-state index in [0.717, 1.165) is 22.6 Å². The third kappa shape index (κ3) is 3.98. The fourth-order valence-electron chi connectivity index (χ4n) is 1.50. The van der Waals surface area contributed by atoms with Gasteiger partial charge in [-0.05, 0) is 31.4 Å². The predicted octanol–water partition coefficient (Wildman–Crippen LogP) is 2.22. The summed E-state index contributed by atoms with van der Waals surface area (Å²) >= 11 is 0. The Bertz CT molecular complexity index is 402. The van der Waals surface area contributed by atoms with Crippen LogP contribution in [0.2, 0.25) is 0 Å². The molecule has 0 amide bonds. The molecular weight excluding hydrogens is 218 g/mol. The average molecular weight is 237 g/mol. The van der Waals surface area contributed by atoms with Crippen LogP contribution in [0.4, 0.5) is 5.69 Å². The average Bonchev–Trinajstić information content (AvgIpc) is 2.30. The highest BCUT2D eigenvalue weighted by Gasteiger charge is 2.04. The van der Waals surface area contributed by atoms with E-state index in [4.69, 9.17) is 10.5 Å². The van der Waals surface area contributed by atoms with Crippen molar-refractivity contribution in [2.24, 2.45) is 0 Å². The summed E-state index contributed by atoms with van der Waals surface area (Å²) in [5.74, 6) is 0.562. The van der Waals surface area contributed by atoms with Gasteiger partial charge in [0.2, 0.25) is 0 Å². The Morgan fingerprint density at radius 2 is 2.00 bits per heavy atom.